The van der Waals surface area contributed by atoms with E-state index >= 15 is 0 Å². The van der Waals surface area contributed by atoms with Crippen molar-refractivity contribution in [1.29, 1.82) is 0 Å². The Labute approximate surface area is 123 Å². The zero-order valence-electron chi connectivity index (χ0n) is 10.2. The molecule has 0 bridgehead atoms. The standard InChI is InChI=1S/C12H13BrN2O3S/c13-8-5-10(19-7-8)11(16)14-2-1-9(6-14)15-3-4-18-12(15)17/h5,7,9H,1-4,6H2. The lowest BCUT2D eigenvalue weighted by Gasteiger charge is -2.21. The summed E-state index contributed by atoms with van der Waals surface area (Å²) in [4.78, 5) is 28.1. The second-order valence-electron chi connectivity index (χ2n) is 4.63. The van der Waals surface area contributed by atoms with E-state index in [1.807, 2.05) is 16.3 Å². The van der Waals surface area contributed by atoms with Crippen LogP contribution in [0, 0.1) is 0 Å². The Kier molecular flexibility index (Phi) is 3.49. The molecule has 0 aromatic carbocycles. The summed E-state index contributed by atoms with van der Waals surface area (Å²) in [7, 11) is 0. The lowest BCUT2D eigenvalue weighted by Crippen LogP contribution is -2.39. The molecule has 5 nitrogen and oxygen atoms in total. The number of likely N-dealkylation sites (tertiary alicyclic amines) is 1. The summed E-state index contributed by atoms with van der Waals surface area (Å²) in [6, 6.07) is 1.94. The van der Waals surface area contributed by atoms with Gasteiger partial charge in [-0.05, 0) is 28.4 Å². The minimum atomic E-state index is -0.252. The van der Waals surface area contributed by atoms with Crippen molar-refractivity contribution in [3.8, 4) is 0 Å². The molecule has 102 valence electrons. The number of hydrogen-bond donors (Lipinski definition) is 0. The van der Waals surface area contributed by atoms with E-state index in [0.29, 0.717) is 26.2 Å². The van der Waals surface area contributed by atoms with Crippen molar-refractivity contribution in [3.63, 3.8) is 0 Å². The van der Waals surface area contributed by atoms with Crippen molar-refractivity contribution in [2.24, 2.45) is 0 Å². The molecule has 1 aromatic heterocycles. The highest BCUT2D eigenvalue weighted by atomic mass is 79.9. The van der Waals surface area contributed by atoms with Crippen molar-refractivity contribution in [2.75, 3.05) is 26.2 Å². The molecule has 2 aliphatic rings. The van der Waals surface area contributed by atoms with Gasteiger partial charge in [-0.25, -0.2) is 4.79 Å². The van der Waals surface area contributed by atoms with Gasteiger partial charge in [-0.3, -0.25) is 9.69 Å². The van der Waals surface area contributed by atoms with Crippen LogP contribution in [0.2, 0.25) is 0 Å². The molecule has 3 heterocycles. The Morgan fingerprint density at radius 3 is 2.95 bits per heavy atom. The van der Waals surface area contributed by atoms with Gasteiger partial charge in [0.25, 0.3) is 5.91 Å². The smallest absolute Gasteiger partial charge is 0.410 e. The molecule has 3 rings (SSSR count). The Morgan fingerprint density at radius 2 is 2.32 bits per heavy atom. The number of hydrogen-bond acceptors (Lipinski definition) is 4. The van der Waals surface area contributed by atoms with Gasteiger partial charge in [0.15, 0.2) is 0 Å². The third-order valence-corrected chi connectivity index (χ3v) is 5.14. The summed E-state index contributed by atoms with van der Waals surface area (Å²) in [5.74, 6) is 0.0470. The maximum atomic E-state index is 12.3. The van der Waals surface area contributed by atoms with Crippen LogP contribution >= 0.6 is 27.3 Å². The van der Waals surface area contributed by atoms with Crippen LogP contribution in [0.25, 0.3) is 0 Å². The van der Waals surface area contributed by atoms with E-state index in [1.165, 1.54) is 11.3 Å². The Bertz CT molecular complexity index is 519. The molecule has 0 radical (unpaired) electrons. The number of nitrogens with zero attached hydrogens (tertiary/aromatic N) is 2. The van der Waals surface area contributed by atoms with Crippen LogP contribution in [0.3, 0.4) is 0 Å². The first-order valence-electron chi connectivity index (χ1n) is 6.12. The van der Waals surface area contributed by atoms with Crippen molar-refractivity contribution >= 4 is 39.3 Å². The number of amides is 2. The molecule has 19 heavy (non-hydrogen) atoms. The molecule has 2 fully saturated rings. The van der Waals surface area contributed by atoms with Crippen LogP contribution in [0.15, 0.2) is 15.9 Å². The van der Waals surface area contributed by atoms with Crippen molar-refractivity contribution in [1.82, 2.24) is 9.80 Å². The van der Waals surface area contributed by atoms with Gasteiger partial charge in [0, 0.05) is 22.9 Å². The second-order valence-corrected chi connectivity index (χ2v) is 6.46. The number of cyclic esters (lactones) is 1. The molecule has 0 N–H and O–H groups in total. The van der Waals surface area contributed by atoms with Crippen LogP contribution in [0.1, 0.15) is 16.1 Å². The highest BCUT2D eigenvalue weighted by Gasteiger charge is 2.36. The van der Waals surface area contributed by atoms with Crippen molar-refractivity contribution < 1.29 is 14.3 Å². The van der Waals surface area contributed by atoms with Crippen LogP contribution < -0.4 is 0 Å². The summed E-state index contributed by atoms with van der Waals surface area (Å²) < 4.78 is 5.87. The number of ether oxygens (including phenoxy) is 1. The topological polar surface area (TPSA) is 49.9 Å². The van der Waals surface area contributed by atoms with E-state index in [9.17, 15) is 9.59 Å². The average Bonchev–Trinajstić information content (AvgIpc) is 3.08. The van der Waals surface area contributed by atoms with E-state index < -0.39 is 0 Å². The van der Waals surface area contributed by atoms with Gasteiger partial charge >= 0.3 is 6.09 Å². The molecular weight excluding hydrogens is 332 g/mol. The third kappa shape index (κ3) is 2.49. The molecule has 1 aromatic rings. The molecule has 0 saturated carbocycles. The monoisotopic (exact) mass is 344 g/mol. The fourth-order valence-electron chi connectivity index (χ4n) is 2.50. The van der Waals surface area contributed by atoms with Gasteiger partial charge in [-0.2, -0.15) is 0 Å². The predicted octanol–water partition coefficient (Wildman–Crippen LogP) is 2.18. The van der Waals surface area contributed by atoms with Crippen LogP contribution in [0.4, 0.5) is 4.79 Å². The predicted molar refractivity (Wildman–Crippen MR) is 74.4 cm³/mol. The van der Waals surface area contributed by atoms with Crippen LogP contribution in [-0.4, -0.2) is 54.1 Å². The van der Waals surface area contributed by atoms with Gasteiger partial charge in [-0.1, -0.05) is 0 Å². The minimum Gasteiger partial charge on any atom is -0.448 e. The Balaban J connectivity index is 1.65. The summed E-state index contributed by atoms with van der Waals surface area (Å²) in [5.41, 5.74) is 0. The van der Waals surface area contributed by atoms with Crippen molar-refractivity contribution in [3.05, 3.63) is 20.8 Å². The number of carbonyl (C=O) groups excluding carboxylic acids is 2. The number of thiophene rings is 1. The highest BCUT2D eigenvalue weighted by Crippen LogP contribution is 2.25. The van der Waals surface area contributed by atoms with E-state index in [4.69, 9.17) is 4.74 Å². The fourth-order valence-corrected chi connectivity index (χ4v) is 3.89. The average molecular weight is 345 g/mol. The quantitative estimate of drug-likeness (QED) is 0.826. The molecule has 0 aliphatic carbocycles. The first-order chi connectivity index (χ1) is 9.15. The number of rotatable bonds is 2. The molecule has 2 amide bonds. The minimum absolute atomic E-state index is 0.0470. The van der Waals surface area contributed by atoms with E-state index in [1.54, 1.807) is 4.90 Å². The molecule has 7 heteroatoms. The Morgan fingerprint density at radius 1 is 1.47 bits per heavy atom. The maximum Gasteiger partial charge on any atom is 0.410 e. The lowest BCUT2D eigenvalue weighted by molar-refractivity contribution is 0.0784. The van der Waals surface area contributed by atoms with Crippen LogP contribution in [0.5, 0.6) is 0 Å². The van der Waals surface area contributed by atoms with E-state index in [2.05, 4.69) is 15.9 Å². The number of halogens is 1. The van der Waals surface area contributed by atoms with Gasteiger partial charge in [0.2, 0.25) is 0 Å². The lowest BCUT2D eigenvalue weighted by atomic mass is 10.2. The Hall–Kier alpha value is -1.08. The van der Waals surface area contributed by atoms with Crippen LogP contribution in [-0.2, 0) is 4.74 Å². The van der Waals surface area contributed by atoms with E-state index in [-0.39, 0.29) is 18.0 Å². The van der Waals surface area contributed by atoms with E-state index in [0.717, 1.165) is 15.8 Å². The zero-order chi connectivity index (χ0) is 13.4. The van der Waals surface area contributed by atoms with Crippen molar-refractivity contribution in [2.45, 2.75) is 12.5 Å². The number of carbonyl (C=O) groups is 2. The third-order valence-electron chi connectivity index (χ3n) is 3.46. The summed E-state index contributed by atoms with van der Waals surface area (Å²) in [6.07, 6.45) is 0.575. The first-order valence-corrected chi connectivity index (χ1v) is 7.79. The van der Waals surface area contributed by atoms with Gasteiger partial charge in [-0.15, -0.1) is 11.3 Å². The second kappa shape index (κ2) is 5.13. The summed E-state index contributed by atoms with van der Waals surface area (Å²) >= 11 is 4.79. The normalized spacial score (nSPS) is 23.0. The molecule has 0 spiro atoms. The first kappa shape index (κ1) is 12.9. The zero-order valence-corrected chi connectivity index (χ0v) is 12.6. The summed E-state index contributed by atoms with van der Waals surface area (Å²) in [5, 5.41) is 1.90. The molecule has 2 saturated heterocycles. The molecular formula is C12H13BrN2O3S. The van der Waals surface area contributed by atoms with Gasteiger partial charge in [0.1, 0.15) is 6.61 Å². The molecule has 1 unspecified atom stereocenters. The maximum absolute atomic E-state index is 12.3. The van der Waals surface area contributed by atoms with Gasteiger partial charge in [0.05, 0.1) is 17.5 Å². The fraction of sp³-hybridized carbons (Fsp3) is 0.500. The molecule has 2 aliphatic heterocycles. The highest BCUT2D eigenvalue weighted by molar-refractivity contribution is 9.10. The largest absolute Gasteiger partial charge is 0.448 e. The SMILES string of the molecule is O=C(c1cc(Br)cs1)N1CCC(N2CCOC2=O)C1. The van der Waals surface area contributed by atoms with Gasteiger partial charge < -0.3 is 9.64 Å². The molecule has 1 atom stereocenters. The summed E-state index contributed by atoms with van der Waals surface area (Å²) in [6.45, 7) is 2.39.